The Labute approximate surface area is 196 Å². The molecule has 1 aromatic rings. The first-order valence-electron chi connectivity index (χ1n) is 10.6. The van der Waals surface area contributed by atoms with Gasteiger partial charge in [-0.1, -0.05) is 29.8 Å². The lowest BCUT2D eigenvalue weighted by Crippen LogP contribution is -2.56. The van der Waals surface area contributed by atoms with E-state index < -0.39 is 18.0 Å². The van der Waals surface area contributed by atoms with Crippen molar-refractivity contribution in [3.8, 4) is 0 Å². The van der Waals surface area contributed by atoms with E-state index in [9.17, 15) is 19.2 Å². The second-order valence-electron chi connectivity index (χ2n) is 7.85. The molecule has 2 atom stereocenters. The molecule has 2 unspecified atom stereocenters. The van der Waals surface area contributed by atoms with Crippen molar-refractivity contribution < 1.29 is 19.2 Å². The average molecular weight is 472 g/mol. The number of anilines is 1. The highest BCUT2D eigenvalue weighted by Crippen LogP contribution is 2.18. The van der Waals surface area contributed by atoms with Crippen LogP contribution in [0.4, 0.5) is 10.5 Å². The van der Waals surface area contributed by atoms with Gasteiger partial charge in [-0.05, 0) is 50.1 Å². The fourth-order valence-electron chi connectivity index (χ4n) is 3.62. The zero-order valence-electron chi connectivity index (χ0n) is 18.4. The molecule has 2 aliphatic heterocycles. The molecule has 1 aromatic carbocycles. The molecule has 0 radical (unpaired) electrons. The molecule has 174 valence electrons. The van der Waals surface area contributed by atoms with E-state index in [0.29, 0.717) is 22.1 Å². The van der Waals surface area contributed by atoms with Gasteiger partial charge in [0.1, 0.15) is 11.9 Å². The number of allylic oxidation sites excluding steroid dienone is 2. The summed E-state index contributed by atoms with van der Waals surface area (Å²) in [6, 6.07) is 5.22. The molecule has 9 nitrogen and oxygen atoms in total. The van der Waals surface area contributed by atoms with Gasteiger partial charge < -0.3 is 10.6 Å². The second kappa shape index (κ2) is 10.9. The Bertz CT molecular complexity index is 1030. The van der Waals surface area contributed by atoms with Crippen LogP contribution in [-0.4, -0.2) is 53.1 Å². The number of amidine groups is 1. The fourth-order valence-corrected chi connectivity index (χ4v) is 3.75. The van der Waals surface area contributed by atoms with Crippen molar-refractivity contribution in [2.24, 2.45) is 4.99 Å². The van der Waals surface area contributed by atoms with Crippen LogP contribution < -0.4 is 16.0 Å². The van der Waals surface area contributed by atoms with Gasteiger partial charge in [0.2, 0.25) is 17.7 Å². The smallest absolute Gasteiger partial charge is 0.319 e. The van der Waals surface area contributed by atoms with Crippen LogP contribution in [0.5, 0.6) is 0 Å². The number of imide groups is 1. The van der Waals surface area contributed by atoms with Gasteiger partial charge in [0.05, 0.1) is 12.5 Å². The average Bonchev–Trinajstić information content (AvgIpc) is 2.75. The maximum Gasteiger partial charge on any atom is 0.319 e. The van der Waals surface area contributed by atoms with Crippen LogP contribution in [0.2, 0.25) is 5.02 Å². The molecule has 3 rings (SSSR count). The lowest BCUT2D eigenvalue weighted by molar-refractivity contribution is -0.142. The number of hydrogen-bond acceptors (Lipinski definition) is 5. The van der Waals surface area contributed by atoms with E-state index in [1.807, 2.05) is 13.0 Å². The van der Waals surface area contributed by atoms with E-state index in [-0.39, 0.29) is 43.7 Å². The number of urea groups is 1. The van der Waals surface area contributed by atoms with Crippen molar-refractivity contribution in [1.29, 1.82) is 0 Å². The summed E-state index contributed by atoms with van der Waals surface area (Å²) < 4.78 is 0. The van der Waals surface area contributed by atoms with Crippen molar-refractivity contribution in [1.82, 2.24) is 15.5 Å². The van der Waals surface area contributed by atoms with Crippen LogP contribution in [-0.2, 0) is 14.4 Å². The largest absolute Gasteiger partial charge is 0.334 e. The number of benzene rings is 1. The SMILES string of the molecule is C/C1=N/C(C)/C=C\C=C(\CNC(=O)Nc2ccc(Cl)cc2)CC(=O)N1C1CCC(=O)NC1=O. The van der Waals surface area contributed by atoms with Crippen LogP contribution in [0.15, 0.2) is 53.1 Å². The van der Waals surface area contributed by atoms with Crippen LogP contribution in [0.25, 0.3) is 0 Å². The number of halogens is 1. The molecule has 1 fully saturated rings. The lowest BCUT2D eigenvalue weighted by Gasteiger charge is -2.33. The van der Waals surface area contributed by atoms with Gasteiger partial charge in [-0.3, -0.25) is 29.6 Å². The van der Waals surface area contributed by atoms with E-state index >= 15 is 0 Å². The number of amides is 5. The lowest BCUT2D eigenvalue weighted by atomic mass is 10.0. The molecule has 0 aromatic heterocycles. The van der Waals surface area contributed by atoms with Gasteiger partial charge in [-0.2, -0.15) is 0 Å². The number of carbonyl (C=O) groups excluding carboxylic acids is 4. The number of carbonyl (C=O) groups is 4. The van der Waals surface area contributed by atoms with Crippen LogP contribution >= 0.6 is 11.6 Å². The number of rotatable bonds is 4. The van der Waals surface area contributed by atoms with Gasteiger partial charge in [-0.25, -0.2) is 4.79 Å². The molecule has 0 spiro atoms. The molecular formula is C23H26ClN5O4. The maximum absolute atomic E-state index is 13.2. The van der Waals surface area contributed by atoms with Crippen molar-refractivity contribution in [3.63, 3.8) is 0 Å². The first kappa shape index (κ1) is 24.2. The maximum atomic E-state index is 13.2. The number of hydrogen-bond donors (Lipinski definition) is 3. The van der Waals surface area contributed by atoms with Crippen LogP contribution in [0, 0.1) is 0 Å². The molecule has 5 amide bonds. The van der Waals surface area contributed by atoms with E-state index in [2.05, 4.69) is 20.9 Å². The molecule has 0 saturated carbocycles. The topological polar surface area (TPSA) is 120 Å². The Morgan fingerprint density at radius 3 is 2.67 bits per heavy atom. The van der Waals surface area contributed by atoms with Crippen molar-refractivity contribution in [2.45, 2.75) is 45.2 Å². The highest BCUT2D eigenvalue weighted by Gasteiger charge is 2.36. The highest BCUT2D eigenvalue weighted by molar-refractivity contribution is 6.30. The molecule has 2 aliphatic rings. The fraction of sp³-hybridized carbons (Fsp3) is 0.348. The second-order valence-corrected chi connectivity index (χ2v) is 8.29. The van der Waals surface area contributed by atoms with Gasteiger partial charge >= 0.3 is 6.03 Å². The third-order valence-electron chi connectivity index (χ3n) is 5.21. The van der Waals surface area contributed by atoms with Crippen LogP contribution in [0.1, 0.15) is 33.1 Å². The molecular weight excluding hydrogens is 446 g/mol. The summed E-state index contributed by atoms with van der Waals surface area (Å²) in [6.07, 6.45) is 5.77. The quantitative estimate of drug-likeness (QED) is 0.585. The Morgan fingerprint density at radius 2 is 1.97 bits per heavy atom. The van der Waals surface area contributed by atoms with Crippen molar-refractivity contribution >= 4 is 46.9 Å². The predicted molar refractivity (Wildman–Crippen MR) is 126 cm³/mol. The summed E-state index contributed by atoms with van der Waals surface area (Å²) in [6.45, 7) is 3.66. The number of nitrogens with zero attached hydrogens (tertiary/aromatic N) is 2. The normalized spacial score (nSPS) is 25.8. The van der Waals surface area contributed by atoms with Crippen molar-refractivity contribution in [2.75, 3.05) is 11.9 Å². The Hall–Kier alpha value is -3.46. The minimum Gasteiger partial charge on any atom is -0.334 e. The van der Waals surface area contributed by atoms with Crippen molar-refractivity contribution in [3.05, 3.63) is 53.1 Å². The third-order valence-corrected chi connectivity index (χ3v) is 5.46. The number of nitrogens with one attached hydrogen (secondary N) is 3. The molecule has 10 heteroatoms. The number of aliphatic imine (C=N–C) groups is 1. The van der Waals surface area contributed by atoms with E-state index in [0.717, 1.165) is 0 Å². The summed E-state index contributed by atoms with van der Waals surface area (Å²) in [5.41, 5.74) is 1.24. The number of piperidine rings is 1. The van der Waals surface area contributed by atoms with Gasteiger partial charge in [0, 0.05) is 23.7 Å². The molecule has 3 N–H and O–H groups in total. The summed E-state index contributed by atoms with van der Waals surface area (Å²) in [7, 11) is 0. The summed E-state index contributed by atoms with van der Waals surface area (Å²) in [4.78, 5) is 55.4. The van der Waals surface area contributed by atoms with Crippen LogP contribution in [0.3, 0.4) is 0 Å². The standard InChI is InChI=1S/C23H26ClN5O4/c1-14-4-3-5-16(13-25-23(33)27-18-8-6-17(24)7-9-18)12-21(31)29(15(2)26-14)19-10-11-20(30)28-22(19)32/h3-9,14,19H,10-13H2,1-2H3,(H2,25,27,33)(H,28,30,32)/b4-3-,16-5+,26-15-. The van der Waals surface area contributed by atoms with E-state index in [1.54, 1.807) is 43.3 Å². The Balaban J connectivity index is 1.72. The zero-order chi connectivity index (χ0) is 24.0. The predicted octanol–water partition coefficient (Wildman–Crippen LogP) is 2.79. The van der Waals surface area contributed by atoms with Gasteiger partial charge in [-0.15, -0.1) is 0 Å². The monoisotopic (exact) mass is 471 g/mol. The zero-order valence-corrected chi connectivity index (χ0v) is 19.2. The minimum absolute atomic E-state index is 0.0233. The van der Waals surface area contributed by atoms with E-state index in [1.165, 1.54) is 4.90 Å². The first-order chi connectivity index (χ1) is 15.7. The summed E-state index contributed by atoms with van der Waals surface area (Å²) >= 11 is 5.85. The molecule has 33 heavy (non-hydrogen) atoms. The first-order valence-corrected chi connectivity index (χ1v) is 11.0. The molecule has 0 aliphatic carbocycles. The third kappa shape index (κ3) is 6.76. The van der Waals surface area contributed by atoms with Gasteiger partial charge in [0.15, 0.2) is 0 Å². The Morgan fingerprint density at radius 1 is 1.24 bits per heavy atom. The molecule has 1 saturated heterocycles. The van der Waals surface area contributed by atoms with E-state index in [4.69, 9.17) is 11.6 Å². The Kier molecular flexibility index (Phi) is 8.00. The molecule has 0 bridgehead atoms. The molecule has 2 heterocycles. The summed E-state index contributed by atoms with van der Waals surface area (Å²) in [5.74, 6) is -0.798. The van der Waals surface area contributed by atoms with Gasteiger partial charge in [0.25, 0.3) is 0 Å². The highest BCUT2D eigenvalue weighted by atomic mass is 35.5. The minimum atomic E-state index is -0.808. The summed E-state index contributed by atoms with van der Waals surface area (Å²) in [5, 5.41) is 8.30.